The molecule has 1 heterocycles. The van der Waals surface area contributed by atoms with Gasteiger partial charge in [0.15, 0.2) is 18.2 Å². The van der Waals surface area contributed by atoms with E-state index >= 15 is 0 Å². The molecule has 2 rings (SSSR count). The summed E-state index contributed by atoms with van der Waals surface area (Å²) in [6.45, 7) is 1.28. The number of carbonyl (C=O) groups excluding carboxylic acids is 1. The van der Waals surface area contributed by atoms with Crippen LogP contribution in [0.5, 0.6) is 5.75 Å². The topological polar surface area (TPSA) is 75.6 Å². The summed E-state index contributed by atoms with van der Waals surface area (Å²) in [5.74, 6) is -2.27. The number of hydrogen-bond donors (Lipinski definition) is 2. The minimum absolute atomic E-state index is 0.0341. The zero-order valence-corrected chi connectivity index (χ0v) is 11.9. The van der Waals surface area contributed by atoms with Crippen LogP contribution in [0.4, 0.5) is 10.1 Å². The quantitative estimate of drug-likeness (QED) is 0.890. The highest BCUT2D eigenvalue weighted by Crippen LogP contribution is 2.27. The monoisotopic (exact) mass is 309 g/mol. The van der Waals surface area contributed by atoms with Crippen LogP contribution in [-0.2, 0) is 4.79 Å². The highest BCUT2D eigenvalue weighted by atomic mass is 32.1. The molecule has 0 aliphatic rings. The SMILES string of the molecule is Cc1csc(C(=O)O)c1NC(=O)COc1ccccc1F. The Hall–Kier alpha value is -2.41. The Kier molecular flexibility index (Phi) is 4.54. The van der Waals surface area contributed by atoms with Crippen molar-refractivity contribution in [3.63, 3.8) is 0 Å². The molecule has 7 heteroatoms. The highest BCUT2D eigenvalue weighted by Gasteiger charge is 2.17. The molecule has 21 heavy (non-hydrogen) atoms. The lowest BCUT2D eigenvalue weighted by molar-refractivity contribution is -0.118. The number of thiophene rings is 1. The summed E-state index contributed by atoms with van der Waals surface area (Å²) < 4.78 is 18.4. The summed E-state index contributed by atoms with van der Waals surface area (Å²) in [5.41, 5.74) is 0.895. The van der Waals surface area contributed by atoms with Crippen molar-refractivity contribution in [2.75, 3.05) is 11.9 Å². The number of para-hydroxylation sites is 1. The Morgan fingerprint density at radius 2 is 2.10 bits per heavy atom. The van der Waals surface area contributed by atoms with Gasteiger partial charge in [-0.05, 0) is 30.0 Å². The average molecular weight is 309 g/mol. The van der Waals surface area contributed by atoms with Crippen molar-refractivity contribution in [1.29, 1.82) is 0 Å². The summed E-state index contributed by atoms with van der Waals surface area (Å²) >= 11 is 1.03. The van der Waals surface area contributed by atoms with E-state index in [9.17, 15) is 14.0 Å². The van der Waals surface area contributed by atoms with E-state index in [0.717, 1.165) is 11.3 Å². The maximum Gasteiger partial charge on any atom is 0.348 e. The van der Waals surface area contributed by atoms with Crippen LogP contribution < -0.4 is 10.1 Å². The van der Waals surface area contributed by atoms with Crippen molar-refractivity contribution in [2.24, 2.45) is 0 Å². The van der Waals surface area contributed by atoms with Gasteiger partial charge in [0, 0.05) is 0 Å². The molecule has 110 valence electrons. The first-order chi connectivity index (χ1) is 9.99. The van der Waals surface area contributed by atoms with Crippen molar-refractivity contribution in [1.82, 2.24) is 0 Å². The molecule has 0 saturated heterocycles. The van der Waals surface area contributed by atoms with Gasteiger partial charge in [-0.2, -0.15) is 0 Å². The fraction of sp³-hybridized carbons (Fsp3) is 0.143. The van der Waals surface area contributed by atoms with E-state index in [-0.39, 0.29) is 16.3 Å². The van der Waals surface area contributed by atoms with E-state index in [0.29, 0.717) is 5.56 Å². The summed E-state index contributed by atoms with van der Waals surface area (Å²) in [6, 6.07) is 5.72. The lowest BCUT2D eigenvalue weighted by Crippen LogP contribution is -2.21. The summed E-state index contributed by atoms with van der Waals surface area (Å²) in [5, 5.41) is 13.1. The van der Waals surface area contributed by atoms with Gasteiger partial charge in [-0.1, -0.05) is 12.1 Å². The van der Waals surface area contributed by atoms with Crippen LogP contribution in [0.1, 0.15) is 15.2 Å². The maximum atomic E-state index is 13.3. The lowest BCUT2D eigenvalue weighted by Gasteiger charge is -2.08. The zero-order valence-electron chi connectivity index (χ0n) is 11.1. The van der Waals surface area contributed by atoms with Gasteiger partial charge in [-0.15, -0.1) is 11.3 Å². The Balaban J connectivity index is 2.01. The number of amides is 1. The van der Waals surface area contributed by atoms with Crippen LogP contribution >= 0.6 is 11.3 Å². The van der Waals surface area contributed by atoms with Gasteiger partial charge in [0.2, 0.25) is 0 Å². The van der Waals surface area contributed by atoms with Crippen molar-refractivity contribution >= 4 is 28.9 Å². The van der Waals surface area contributed by atoms with E-state index in [4.69, 9.17) is 9.84 Å². The molecular weight excluding hydrogens is 297 g/mol. The number of aryl methyl sites for hydroxylation is 1. The van der Waals surface area contributed by atoms with E-state index in [1.807, 2.05) is 0 Å². The van der Waals surface area contributed by atoms with Gasteiger partial charge >= 0.3 is 5.97 Å². The predicted octanol–water partition coefficient (Wildman–Crippen LogP) is 2.91. The second kappa shape index (κ2) is 6.36. The smallest absolute Gasteiger partial charge is 0.348 e. The third-order valence-corrected chi connectivity index (χ3v) is 3.71. The molecule has 0 spiro atoms. The number of halogens is 1. The fourth-order valence-corrected chi connectivity index (χ4v) is 2.48. The van der Waals surface area contributed by atoms with Crippen LogP contribution in [0, 0.1) is 12.7 Å². The van der Waals surface area contributed by atoms with Crippen LogP contribution in [0.2, 0.25) is 0 Å². The number of aromatic carboxylic acids is 1. The van der Waals surface area contributed by atoms with Gasteiger partial charge in [0.1, 0.15) is 4.88 Å². The molecule has 0 aliphatic heterocycles. The molecule has 1 aromatic heterocycles. The zero-order chi connectivity index (χ0) is 15.4. The first-order valence-electron chi connectivity index (χ1n) is 5.97. The van der Waals surface area contributed by atoms with Gasteiger partial charge < -0.3 is 15.2 Å². The Morgan fingerprint density at radius 3 is 2.76 bits per heavy atom. The average Bonchev–Trinajstić information content (AvgIpc) is 2.79. The van der Waals surface area contributed by atoms with Crippen molar-refractivity contribution in [2.45, 2.75) is 6.92 Å². The van der Waals surface area contributed by atoms with Gasteiger partial charge in [0.25, 0.3) is 5.91 Å². The Labute approximate surface area is 124 Å². The fourth-order valence-electron chi connectivity index (χ4n) is 1.64. The second-order valence-electron chi connectivity index (χ2n) is 4.20. The third kappa shape index (κ3) is 3.57. The molecule has 0 fully saturated rings. The van der Waals surface area contributed by atoms with Crippen LogP contribution in [-0.4, -0.2) is 23.6 Å². The maximum absolute atomic E-state index is 13.3. The Bertz CT molecular complexity index is 683. The number of carbonyl (C=O) groups is 2. The lowest BCUT2D eigenvalue weighted by atomic mass is 10.2. The number of ether oxygens (including phenoxy) is 1. The van der Waals surface area contributed by atoms with Gasteiger partial charge in [-0.25, -0.2) is 9.18 Å². The molecule has 1 aromatic carbocycles. The third-order valence-electron chi connectivity index (χ3n) is 2.63. The molecular formula is C14H12FNO4S. The molecule has 5 nitrogen and oxygen atoms in total. The van der Waals surface area contributed by atoms with Crippen molar-refractivity contribution in [3.05, 3.63) is 45.9 Å². The first-order valence-corrected chi connectivity index (χ1v) is 6.85. The van der Waals surface area contributed by atoms with Gasteiger partial charge in [-0.3, -0.25) is 4.79 Å². The minimum atomic E-state index is -1.11. The molecule has 0 saturated carbocycles. The number of rotatable bonds is 5. The number of hydrogen-bond acceptors (Lipinski definition) is 4. The molecule has 0 radical (unpaired) electrons. The van der Waals surface area contributed by atoms with Crippen LogP contribution in [0.3, 0.4) is 0 Å². The Morgan fingerprint density at radius 1 is 1.38 bits per heavy atom. The number of anilines is 1. The number of nitrogens with one attached hydrogen (secondary N) is 1. The molecule has 0 unspecified atom stereocenters. The summed E-state index contributed by atoms with van der Waals surface area (Å²) in [7, 11) is 0. The van der Waals surface area contributed by atoms with E-state index < -0.39 is 24.3 Å². The van der Waals surface area contributed by atoms with Crippen LogP contribution in [0.25, 0.3) is 0 Å². The minimum Gasteiger partial charge on any atom is -0.481 e. The molecule has 0 aliphatic carbocycles. The van der Waals surface area contributed by atoms with E-state index in [1.165, 1.54) is 18.2 Å². The standard InChI is InChI=1S/C14H12FNO4S/c1-8-7-21-13(14(18)19)12(8)16-11(17)6-20-10-5-3-2-4-9(10)15/h2-5,7H,6H2,1H3,(H,16,17)(H,18,19). The number of carboxylic acids is 1. The van der Waals surface area contributed by atoms with E-state index in [1.54, 1.807) is 18.4 Å². The summed E-state index contributed by atoms with van der Waals surface area (Å²) in [4.78, 5) is 22.8. The normalized spacial score (nSPS) is 10.2. The first kappa shape index (κ1) is 15.0. The highest BCUT2D eigenvalue weighted by molar-refractivity contribution is 7.12. The van der Waals surface area contributed by atoms with Crippen molar-refractivity contribution in [3.8, 4) is 5.75 Å². The van der Waals surface area contributed by atoms with Crippen molar-refractivity contribution < 1.29 is 23.8 Å². The molecule has 0 bridgehead atoms. The van der Waals surface area contributed by atoms with Crippen LogP contribution in [0.15, 0.2) is 29.6 Å². The molecule has 2 aromatic rings. The van der Waals surface area contributed by atoms with E-state index in [2.05, 4.69) is 5.32 Å². The second-order valence-corrected chi connectivity index (χ2v) is 5.07. The molecule has 1 amide bonds. The predicted molar refractivity (Wildman–Crippen MR) is 76.5 cm³/mol. The number of carboxylic acid groups (broad SMARTS) is 1. The molecule has 2 N–H and O–H groups in total. The summed E-state index contributed by atoms with van der Waals surface area (Å²) in [6.07, 6.45) is 0. The van der Waals surface area contributed by atoms with Gasteiger partial charge in [0.05, 0.1) is 5.69 Å². The largest absolute Gasteiger partial charge is 0.481 e. The number of benzene rings is 1. The molecule has 0 atom stereocenters.